The molecule has 3 rings (SSSR count). The van der Waals surface area contributed by atoms with E-state index in [0.717, 1.165) is 43.8 Å². The third-order valence-electron chi connectivity index (χ3n) is 10.2. The van der Waals surface area contributed by atoms with Crippen LogP contribution in [0.2, 0.25) is 0 Å². The molecular formula is C32H48F6O4. The van der Waals surface area contributed by atoms with Crippen molar-refractivity contribution in [3.63, 3.8) is 0 Å². The fourth-order valence-corrected chi connectivity index (χ4v) is 8.11. The van der Waals surface area contributed by atoms with Crippen LogP contribution in [0.3, 0.4) is 0 Å². The Morgan fingerprint density at radius 3 is 2.02 bits per heavy atom. The van der Waals surface area contributed by atoms with Crippen molar-refractivity contribution in [2.75, 3.05) is 0 Å². The molecule has 0 amide bonds. The van der Waals surface area contributed by atoms with Crippen LogP contribution in [0.15, 0.2) is 35.5 Å². The average molecular weight is 611 g/mol. The number of hydrogen-bond acceptors (Lipinski definition) is 4. The summed E-state index contributed by atoms with van der Waals surface area (Å²) < 4.78 is 80.1. The van der Waals surface area contributed by atoms with Gasteiger partial charge in [-0.25, -0.2) is 0 Å². The first-order chi connectivity index (χ1) is 19.1. The predicted molar refractivity (Wildman–Crippen MR) is 149 cm³/mol. The van der Waals surface area contributed by atoms with Crippen molar-refractivity contribution in [1.82, 2.24) is 0 Å². The molecule has 0 aromatic heterocycles. The Labute approximate surface area is 245 Å². The molecule has 0 aromatic carbocycles. The van der Waals surface area contributed by atoms with Gasteiger partial charge in [-0.05, 0) is 113 Å². The fourth-order valence-electron chi connectivity index (χ4n) is 8.11. The van der Waals surface area contributed by atoms with Gasteiger partial charge in [-0.15, -0.1) is 0 Å². The summed E-state index contributed by atoms with van der Waals surface area (Å²) in [5.74, 6) is 0.201. The molecule has 0 aromatic rings. The smallest absolute Gasteiger partial charge is 0.393 e. The van der Waals surface area contributed by atoms with Gasteiger partial charge in [0.2, 0.25) is 0 Å². The molecule has 4 nitrogen and oxygen atoms in total. The van der Waals surface area contributed by atoms with Crippen molar-refractivity contribution in [2.45, 2.75) is 141 Å². The molecule has 0 saturated heterocycles. The highest BCUT2D eigenvalue weighted by atomic mass is 19.4. The topological polar surface area (TPSA) is 80.9 Å². The van der Waals surface area contributed by atoms with E-state index in [-0.39, 0.29) is 29.7 Å². The summed E-state index contributed by atoms with van der Waals surface area (Å²) in [5, 5.41) is 40.1. The summed E-state index contributed by atoms with van der Waals surface area (Å²) in [6.07, 6.45) is -1.06. The van der Waals surface area contributed by atoms with E-state index < -0.39 is 41.2 Å². The summed E-state index contributed by atoms with van der Waals surface area (Å²) in [6, 6.07) is 0. The number of allylic oxidation sites excluding steroid dienone is 4. The Morgan fingerprint density at radius 1 is 0.881 bits per heavy atom. The predicted octanol–water partition coefficient (Wildman–Crippen LogP) is 7.71. The lowest BCUT2D eigenvalue weighted by atomic mass is 9.55. The van der Waals surface area contributed by atoms with Crippen LogP contribution in [0.1, 0.15) is 105 Å². The lowest BCUT2D eigenvalue weighted by Gasteiger charge is -2.49. The van der Waals surface area contributed by atoms with Gasteiger partial charge < -0.3 is 20.4 Å². The fraction of sp³-hybridized carbons (Fsp3) is 0.812. The van der Waals surface area contributed by atoms with E-state index in [2.05, 4.69) is 13.0 Å². The zero-order valence-electron chi connectivity index (χ0n) is 25.2. The molecule has 0 bridgehead atoms. The number of fused-ring (bicyclic) bond motifs is 1. The minimum Gasteiger partial charge on any atom is -0.393 e. The van der Waals surface area contributed by atoms with Crippen molar-refractivity contribution in [3.8, 4) is 0 Å². The minimum absolute atomic E-state index is 0.000925. The van der Waals surface area contributed by atoms with Crippen molar-refractivity contribution < 1.29 is 46.8 Å². The van der Waals surface area contributed by atoms with Gasteiger partial charge in [0.1, 0.15) is 0 Å². The standard InChI is InChI=1S/C32H48F6O4/c1-27(2,41)13-6-14-28(3,15-7-17-30(42,31(33,34)35)32(36,37)38)26-12-11-25-22(8-5-16-29(25,26)4)10-9-21-18-23(39)20-24(40)19-21/h7,9-10,17,23-26,39-42H,5-6,8,11-16,18-20H2,1-4H3/b17-7-,21-9-,22-10+/t23?,24-,25?,26-,28+,29+/m1/s1. The van der Waals surface area contributed by atoms with Gasteiger partial charge >= 0.3 is 12.4 Å². The molecule has 0 spiro atoms. The highest BCUT2D eigenvalue weighted by Gasteiger charge is 2.69. The summed E-state index contributed by atoms with van der Waals surface area (Å²) in [4.78, 5) is 0. The normalized spacial score (nSPS) is 33.4. The number of halogens is 6. The summed E-state index contributed by atoms with van der Waals surface area (Å²) in [6.45, 7) is 7.44. The average Bonchev–Trinajstić information content (AvgIpc) is 3.18. The molecule has 4 N–H and O–H groups in total. The second kappa shape index (κ2) is 12.6. The van der Waals surface area contributed by atoms with Gasteiger partial charge in [0.15, 0.2) is 0 Å². The minimum atomic E-state index is -5.91. The molecule has 3 fully saturated rings. The van der Waals surface area contributed by atoms with Crippen LogP contribution in [-0.4, -0.2) is 56.2 Å². The van der Waals surface area contributed by atoms with E-state index in [9.17, 15) is 46.8 Å². The molecular weight excluding hydrogens is 562 g/mol. The van der Waals surface area contributed by atoms with E-state index in [4.69, 9.17) is 0 Å². The largest absolute Gasteiger partial charge is 0.429 e. The third-order valence-corrected chi connectivity index (χ3v) is 10.2. The van der Waals surface area contributed by atoms with E-state index in [0.29, 0.717) is 38.5 Å². The van der Waals surface area contributed by atoms with E-state index in [1.807, 2.05) is 13.0 Å². The SMILES string of the molecule is CC(C)(O)CCC[C@@](C)(C/C=C\C(O)(C(F)(F)F)C(F)(F)F)[C@H]1CCC2/C(=C/C=C3/CC(O)C[C@H](O)C3)CCC[C@@]21C. The molecule has 3 aliphatic rings. The Morgan fingerprint density at radius 2 is 1.48 bits per heavy atom. The molecule has 0 aliphatic heterocycles. The van der Waals surface area contributed by atoms with Gasteiger partial charge in [-0.3, -0.25) is 0 Å². The van der Waals surface area contributed by atoms with Crippen LogP contribution in [0.5, 0.6) is 0 Å². The molecule has 42 heavy (non-hydrogen) atoms. The van der Waals surface area contributed by atoms with Crippen LogP contribution in [0.4, 0.5) is 26.3 Å². The van der Waals surface area contributed by atoms with Crippen molar-refractivity contribution >= 4 is 0 Å². The molecule has 3 saturated carbocycles. The van der Waals surface area contributed by atoms with Gasteiger partial charge in [-0.1, -0.05) is 49.6 Å². The zero-order chi connectivity index (χ0) is 31.8. The molecule has 0 heterocycles. The number of hydrogen-bond donors (Lipinski definition) is 4. The Hall–Kier alpha value is -1.36. The third kappa shape index (κ3) is 7.83. The van der Waals surface area contributed by atoms with E-state index in [1.54, 1.807) is 13.8 Å². The zero-order valence-corrected chi connectivity index (χ0v) is 25.2. The van der Waals surface area contributed by atoms with Crippen LogP contribution >= 0.6 is 0 Å². The Bertz CT molecular complexity index is 997. The maximum Gasteiger partial charge on any atom is 0.429 e. The first-order valence-corrected chi connectivity index (χ1v) is 15.1. The molecule has 6 atom stereocenters. The van der Waals surface area contributed by atoms with Crippen LogP contribution in [-0.2, 0) is 0 Å². The number of rotatable bonds is 9. The van der Waals surface area contributed by atoms with Gasteiger partial charge in [0.05, 0.1) is 17.8 Å². The molecule has 2 unspecified atom stereocenters. The molecule has 10 heteroatoms. The van der Waals surface area contributed by atoms with Crippen LogP contribution in [0, 0.1) is 22.7 Å². The van der Waals surface area contributed by atoms with Crippen molar-refractivity contribution in [1.29, 1.82) is 0 Å². The monoisotopic (exact) mass is 610 g/mol. The number of aliphatic hydroxyl groups is 4. The van der Waals surface area contributed by atoms with Gasteiger partial charge in [0.25, 0.3) is 5.60 Å². The quantitative estimate of drug-likeness (QED) is 0.159. The highest BCUT2D eigenvalue weighted by molar-refractivity contribution is 5.27. The Kier molecular flexibility index (Phi) is 10.5. The number of alkyl halides is 6. The van der Waals surface area contributed by atoms with Crippen molar-refractivity contribution in [2.24, 2.45) is 22.7 Å². The van der Waals surface area contributed by atoms with E-state index in [1.165, 1.54) is 5.57 Å². The van der Waals surface area contributed by atoms with Gasteiger partial charge in [-0.2, -0.15) is 26.3 Å². The maximum atomic E-state index is 13.3. The van der Waals surface area contributed by atoms with Crippen molar-refractivity contribution in [3.05, 3.63) is 35.5 Å². The second-order valence-corrected chi connectivity index (χ2v) is 14.2. The van der Waals surface area contributed by atoms with E-state index >= 15 is 0 Å². The summed E-state index contributed by atoms with van der Waals surface area (Å²) in [7, 11) is 0. The molecule has 0 radical (unpaired) electrons. The Balaban J connectivity index is 1.91. The lowest BCUT2D eigenvalue weighted by Crippen LogP contribution is -2.55. The summed E-state index contributed by atoms with van der Waals surface area (Å²) in [5.41, 5.74) is -4.53. The first-order valence-electron chi connectivity index (χ1n) is 15.1. The first kappa shape index (κ1) is 35.1. The van der Waals surface area contributed by atoms with Crippen LogP contribution in [0.25, 0.3) is 0 Å². The molecule has 3 aliphatic carbocycles. The number of aliphatic hydroxyl groups excluding tert-OH is 2. The van der Waals surface area contributed by atoms with Crippen LogP contribution < -0.4 is 0 Å². The molecule has 242 valence electrons. The maximum absolute atomic E-state index is 13.3. The lowest BCUT2D eigenvalue weighted by molar-refractivity contribution is -0.347. The second-order valence-electron chi connectivity index (χ2n) is 14.2. The summed E-state index contributed by atoms with van der Waals surface area (Å²) >= 11 is 0. The van der Waals surface area contributed by atoms with Gasteiger partial charge in [0, 0.05) is 0 Å². The highest BCUT2D eigenvalue weighted by Crippen LogP contribution is 2.64.